The zero-order valence-corrected chi connectivity index (χ0v) is 12.9. The Labute approximate surface area is 127 Å². The highest BCUT2D eigenvalue weighted by atomic mass is 35.5. The first-order valence-corrected chi connectivity index (χ1v) is 7.77. The summed E-state index contributed by atoms with van der Waals surface area (Å²) in [5.74, 6) is -0.132. The van der Waals surface area contributed by atoms with Gasteiger partial charge in [0.1, 0.15) is 10.6 Å². The lowest BCUT2D eigenvalue weighted by Crippen LogP contribution is -2.12. The topological polar surface area (TPSA) is 72.8 Å². The Bertz CT molecular complexity index is 774. The van der Waals surface area contributed by atoms with Gasteiger partial charge in [-0.1, -0.05) is 16.8 Å². The van der Waals surface area contributed by atoms with E-state index in [1.807, 2.05) is 0 Å². The Hall–Kier alpha value is -1.92. The molecule has 0 saturated carbocycles. The molecule has 0 bridgehead atoms. The number of hydrogen-bond donors (Lipinski definition) is 0. The lowest BCUT2D eigenvalue weighted by atomic mass is 9.97. The molecule has 110 valence electrons. The molecular formula is C14H12ClNO4S. The molecule has 0 N–H and O–H groups in total. The number of nitrogens with zero attached hydrogens (tertiary/aromatic N) is 1. The molecule has 0 heterocycles. The highest BCUT2D eigenvalue weighted by Crippen LogP contribution is 2.18. The number of oxime groups is 1. The van der Waals surface area contributed by atoms with E-state index in [1.54, 1.807) is 13.8 Å². The molecule has 0 aliphatic heterocycles. The fraction of sp³-hybridized carbons (Fsp3) is 0.143. The van der Waals surface area contributed by atoms with Crippen LogP contribution in [0.3, 0.4) is 0 Å². The number of rotatable bonds is 3. The molecule has 2 rings (SSSR count). The number of halogens is 1. The summed E-state index contributed by atoms with van der Waals surface area (Å²) in [6.45, 7) is 3.32. The highest BCUT2D eigenvalue weighted by molar-refractivity contribution is 7.86. The van der Waals surface area contributed by atoms with Crippen LogP contribution in [0.4, 0.5) is 0 Å². The minimum atomic E-state index is -4.02. The van der Waals surface area contributed by atoms with E-state index in [9.17, 15) is 13.2 Å². The molecule has 0 aromatic heterocycles. The van der Waals surface area contributed by atoms with Gasteiger partial charge in [0.15, 0.2) is 5.78 Å². The molecule has 0 amide bonds. The Balaban J connectivity index is 2.26. The molecule has 1 aromatic carbocycles. The van der Waals surface area contributed by atoms with Crippen LogP contribution in [0.15, 0.2) is 57.6 Å². The predicted molar refractivity (Wildman–Crippen MR) is 79.7 cm³/mol. The van der Waals surface area contributed by atoms with Gasteiger partial charge in [0.25, 0.3) is 0 Å². The van der Waals surface area contributed by atoms with Gasteiger partial charge >= 0.3 is 10.1 Å². The lowest BCUT2D eigenvalue weighted by Gasteiger charge is -2.10. The number of allylic oxidation sites excluding steroid dienone is 4. The summed E-state index contributed by atoms with van der Waals surface area (Å²) in [6.07, 6.45) is 2.74. The van der Waals surface area contributed by atoms with Crippen LogP contribution in [0, 0.1) is 0 Å². The van der Waals surface area contributed by atoms with E-state index in [0.717, 1.165) is 0 Å². The Morgan fingerprint density at radius 2 is 1.67 bits per heavy atom. The molecule has 0 atom stereocenters. The van der Waals surface area contributed by atoms with Gasteiger partial charge in [-0.05, 0) is 55.8 Å². The van der Waals surface area contributed by atoms with Crippen molar-refractivity contribution in [1.82, 2.24) is 0 Å². The maximum absolute atomic E-state index is 12.0. The minimum absolute atomic E-state index is 0.0505. The smallest absolute Gasteiger partial charge is 0.290 e. The van der Waals surface area contributed by atoms with E-state index in [-0.39, 0.29) is 10.7 Å². The summed E-state index contributed by atoms with van der Waals surface area (Å²) < 4.78 is 28.6. The van der Waals surface area contributed by atoms with Gasteiger partial charge in [0, 0.05) is 10.6 Å². The van der Waals surface area contributed by atoms with E-state index >= 15 is 0 Å². The second-order valence-electron chi connectivity index (χ2n) is 4.41. The number of ketones is 1. The second kappa shape index (κ2) is 5.83. The summed E-state index contributed by atoms with van der Waals surface area (Å²) in [7, 11) is -4.02. The van der Waals surface area contributed by atoms with Crippen LogP contribution >= 0.6 is 11.6 Å². The quantitative estimate of drug-likeness (QED) is 0.632. The van der Waals surface area contributed by atoms with Gasteiger partial charge in [-0.15, -0.1) is 0 Å². The molecule has 1 aliphatic rings. The van der Waals surface area contributed by atoms with Crippen molar-refractivity contribution in [1.29, 1.82) is 0 Å². The molecule has 1 aliphatic carbocycles. The molecular weight excluding hydrogens is 314 g/mol. The van der Waals surface area contributed by atoms with E-state index in [1.165, 1.54) is 36.4 Å². The standard InChI is InChI=1S/C14H12ClNO4S/c1-9-10(2)14(17)8-7-13(9)16-20-21(18,19)12-5-3-11(15)4-6-12/h3-8H,1-2H3/b16-13-. The first-order valence-electron chi connectivity index (χ1n) is 5.99. The van der Waals surface area contributed by atoms with E-state index < -0.39 is 10.1 Å². The van der Waals surface area contributed by atoms with Crippen LogP contribution in [0.5, 0.6) is 0 Å². The number of benzene rings is 1. The molecule has 7 heteroatoms. The summed E-state index contributed by atoms with van der Waals surface area (Å²) in [6, 6.07) is 5.54. The van der Waals surface area contributed by atoms with Crippen LogP contribution < -0.4 is 0 Å². The Morgan fingerprint density at radius 1 is 1.05 bits per heavy atom. The number of hydrogen-bond acceptors (Lipinski definition) is 5. The third kappa shape index (κ3) is 3.40. The second-order valence-corrected chi connectivity index (χ2v) is 6.37. The third-order valence-electron chi connectivity index (χ3n) is 3.04. The third-order valence-corrected chi connectivity index (χ3v) is 4.42. The summed E-state index contributed by atoms with van der Waals surface area (Å²) in [4.78, 5) is 11.4. The van der Waals surface area contributed by atoms with E-state index in [4.69, 9.17) is 11.6 Å². The zero-order valence-electron chi connectivity index (χ0n) is 11.3. The van der Waals surface area contributed by atoms with E-state index in [2.05, 4.69) is 9.44 Å². The average Bonchev–Trinajstić information content (AvgIpc) is 2.44. The fourth-order valence-corrected chi connectivity index (χ4v) is 2.47. The largest absolute Gasteiger partial charge is 0.358 e. The molecule has 1 aromatic rings. The SMILES string of the molecule is CC1=C(C)/C(=N\OS(=O)(=O)c2ccc(Cl)cc2)C=CC1=O. The molecule has 21 heavy (non-hydrogen) atoms. The van der Waals surface area contributed by atoms with Crippen LogP contribution in [0.1, 0.15) is 13.8 Å². The highest BCUT2D eigenvalue weighted by Gasteiger charge is 2.18. The molecule has 0 saturated heterocycles. The molecule has 0 spiro atoms. The normalized spacial score (nSPS) is 17.5. The van der Waals surface area contributed by atoms with Gasteiger partial charge in [0.05, 0.1) is 0 Å². The van der Waals surface area contributed by atoms with E-state index in [0.29, 0.717) is 21.9 Å². The Kier molecular flexibility index (Phi) is 4.29. The summed E-state index contributed by atoms with van der Waals surface area (Å²) in [5.41, 5.74) is 1.38. The predicted octanol–water partition coefficient (Wildman–Crippen LogP) is 2.88. The van der Waals surface area contributed by atoms with Crippen molar-refractivity contribution in [2.24, 2.45) is 5.16 Å². The van der Waals surface area contributed by atoms with Crippen molar-refractivity contribution < 1.29 is 17.5 Å². The average molecular weight is 326 g/mol. The number of carbonyl (C=O) groups excluding carboxylic acids is 1. The monoisotopic (exact) mass is 325 g/mol. The fourth-order valence-electron chi connectivity index (χ4n) is 1.61. The summed E-state index contributed by atoms with van der Waals surface area (Å²) in [5, 5.41) is 4.04. The number of carbonyl (C=O) groups is 1. The molecule has 0 unspecified atom stereocenters. The lowest BCUT2D eigenvalue weighted by molar-refractivity contribution is -0.111. The van der Waals surface area contributed by atoms with Crippen molar-refractivity contribution in [2.75, 3.05) is 0 Å². The maximum Gasteiger partial charge on any atom is 0.358 e. The van der Waals surface area contributed by atoms with Gasteiger partial charge in [-0.2, -0.15) is 8.42 Å². The van der Waals surface area contributed by atoms with Crippen molar-refractivity contribution >= 4 is 33.2 Å². The first-order chi connectivity index (χ1) is 9.81. The van der Waals surface area contributed by atoms with Crippen molar-refractivity contribution in [3.05, 3.63) is 52.6 Å². The zero-order chi connectivity index (χ0) is 15.6. The van der Waals surface area contributed by atoms with Crippen LogP contribution in [0.2, 0.25) is 5.02 Å². The van der Waals surface area contributed by atoms with Crippen molar-refractivity contribution in [3.63, 3.8) is 0 Å². The van der Waals surface area contributed by atoms with Gasteiger partial charge in [-0.3, -0.25) is 9.08 Å². The minimum Gasteiger partial charge on any atom is -0.290 e. The van der Waals surface area contributed by atoms with Crippen LogP contribution in [-0.2, 0) is 19.2 Å². The summed E-state index contributed by atoms with van der Waals surface area (Å²) >= 11 is 5.70. The molecule has 0 radical (unpaired) electrons. The first kappa shape index (κ1) is 15.5. The van der Waals surface area contributed by atoms with Crippen molar-refractivity contribution in [2.45, 2.75) is 18.7 Å². The van der Waals surface area contributed by atoms with Crippen LogP contribution in [0.25, 0.3) is 0 Å². The van der Waals surface area contributed by atoms with Gasteiger partial charge in [0.2, 0.25) is 0 Å². The molecule has 0 fully saturated rings. The van der Waals surface area contributed by atoms with Gasteiger partial charge < -0.3 is 0 Å². The van der Waals surface area contributed by atoms with Gasteiger partial charge in [-0.25, -0.2) is 0 Å². The maximum atomic E-state index is 12.0. The molecule has 5 nitrogen and oxygen atoms in total. The Morgan fingerprint density at radius 3 is 2.29 bits per heavy atom. The van der Waals surface area contributed by atoms with Crippen LogP contribution in [-0.4, -0.2) is 19.9 Å². The van der Waals surface area contributed by atoms with Crippen molar-refractivity contribution in [3.8, 4) is 0 Å².